The lowest BCUT2D eigenvalue weighted by Gasteiger charge is -2.20. The fourth-order valence-corrected chi connectivity index (χ4v) is 2.96. The fourth-order valence-electron chi connectivity index (χ4n) is 2.96. The standard InChI is InChI=1S/C11H17N/c12-8-4-3-7-11-6-2-1-5-10(11)9-11/h10H,1-7,9H2/t10-,11-/m0/s1. The van der Waals surface area contributed by atoms with Gasteiger partial charge in [-0.3, -0.25) is 0 Å². The van der Waals surface area contributed by atoms with Crippen molar-refractivity contribution >= 4 is 0 Å². The molecule has 0 bridgehead atoms. The van der Waals surface area contributed by atoms with Crippen molar-refractivity contribution in [2.45, 2.75) is 51.4 Å². The van der Waals surface area contributed by atoms with Crippen LogP contribution in [0.2, 0.25) is 0 Å². The zero-order valence-electron chi connectivity index (χ0n) is 7.68. The molecule has 0 aromatic rings. The molecular formula is C11H17N. The first kappa shape index (κ1) is 8.10. The summed E-state index contributed by atoms with van der Waals surface area (Å²) in [5.74, 6) is 1.06. The number of fused-ring (bicyclic) bond motifs is 1. The van der Waals surface area contributed by atoms with Crippen molar-refractivity contribution in [3.8, 4) is 6.07 Å². The van der Waals surface area contributed by atoms with Gasteiger partial charge in [-0.1, -0.05) is 12.8 Å². The smallest absolute Gasteiger partial charge is 0.0621 e. The van der Waals surface area contributed by atoms with Gasteiger partial charge in [0.05, 0.1) is 6.07 Å². The van der Waals surface area contributed by atoms with E-state index in [1.165, 1.54) is 38.5 Å². The van der Waals surface area contributed by atoms with Crippen LogP contribution in [0.3, 0.4) is 0 Å². The van der Waals surface area contributed by atoms with E-state index in [9.17, 15) is 0 Å². The molecule has 2 rings (SSSR count). The van der Waals surface area contributed by atoms with Gasteiger partial charge >= 0.3 is 0 Å². The molecular weight excluding hydrogens is 146 g/mol. The highest BCUT2D eigenvalue weighted by atomic mass is 14.6. The maximum atomic E-state index is 8.44. The van der Waals surface area contributed by atoms with Gasteiger partial charge in [0, 0.05) is 6.42 Å². The summed E-state index contributed by atoms with van der Waals surface area (Å²) in [4.78, 5) is 0. The summed E-state index contributed by atoms with van der Waals surface area (Å²) in [6.45, 7) is 0. The molecule has 0 N–H and O–H groups in total. The van der Waals surface area contributed by atoms with Crippen LogP contribution in [0, 0.1) is 22.7 Å². The Kier molecular flexibility index (Phi) is 2.09. The minimum atomic E-state index is 0.745. The number of nitriles is 1. The van der Waals surface area contributed by atoms with Gasteiger partial charge in [0.25, 0.3) is 0 Å². The predicted octanol–water partition coefficient (Wildman–Crippen LogP) is 3.26. The molecule has 1 heteroatoms. The average molecular weight is 163 g/mol. The molecule has 0 unspecified atom stereocenters. The third-order valence-corrected chi connectivity index (χ3v) is 3.80. The molecule has 0 saturated heterocycles. The highest BCUT2D eigenvalue weighted by Gasteiger charge is 2.53. The first-order valence-corrected chi connectivity index (χ1v) is 5.24. The monoisotopic (exact) mass is 163 g/mol. The SMILES string of the molecule is N#CCCC[C@]12CCCC[C@H]1C2. The molecule has 0 aliphatic heterocycles. The van der Waals surface area contributed by atoms with Crippen molar-refractivity contribution in [1.82, 2.24) is 0 Å². The van der Waals surface area contributed by atoms with Crippen LogP contribution in [0.5, 0.6) is 0 Å². The lowest BCUT2D eigenvalue weighted by molar-refractivity contribution is 0.311. The van der Waals surface area contributed by atoms with Crippen LogP contribution >= 0.6 is 0 Å². The van der Waals surface area contributed by atoms with Crippen LogP contribution in [-0.2, 0) is 0 Å². The Labute approximate surface area is 74.8 Å². The second-order valence-corrected chi connectivity index (χ2v) is 4.52. The van der Waals surface area contributed by atoms with Crippen LogP contribution in [-0.4, -0.2) is 0 Å². The highest BCUT2D eigenvalue weighted by molar-refractivity contribution is 5.04. The zero-order chi connectivity index (χ0) is 8.44. The molecule has 66 valence electrons. The Morgan fingerprint density at radius 3 is 3.08 bits per heavy atom. The molecule has 1 nitrogen and oxygen atoms in total. The summed E-state index contributed by atoms with van der Waals surface area (Å²) >= 11 is 0. The van der Waals surface area contributed by atoms with Crippen molar-refractivity contribution in [3.05, 3.63) is 0 Å². The Balaban J connectivity index is 1.77. The van der Waals surface area contributed by atoms with E-state index >= 15 is 0 Å². The summed E-state index contributed by atoms with van der Waals surface area (Å²) in [6.07, 6.45) is 10.6. The number of unbranched alkanes of at least 4 members (excludes halogenated alkanes) is 1. The number of hydrogen-bond donors (Lipinski definition) is 0. The summed E-state index contributed by atoms with van der Waals surface area (Å²) in [6, 6.07) is 2.24. The van der Waals surface area contributed by atoms with Gasteiger partial charge in [0.1, 0.15) is 0 Å². The Morgan fingerprint density at radius 2 is 2.33 bits per heavy atom. The average Bonchev–Trinajstić information content (AvgIpc) is 2.79. The van der Waals surface area contributed by atoms with Gasteiger partial charge in [-0.2, -0.15) is 5.26 Å². The minimum absolute atomic E-state index is 0.745. The Hall–Kier alpha value is -0.510. The molecule has 0 spiro atoms. The van der Waals surface area contributed by atoms with E-state index in [1.807, 2.05) is 0 Å². The maximum absolute atomic E-state index is 8.44. The van der Waals surface area contributed by atoms with Gasteiger partial charge < -0.3 is 0 Å². The third-order valence-electron chi connectivity index (χ3n) is 3.80. The molecule has 0 heterocycles. The van der Waals surface area contributed by atoms with E-state index in [1.54, 1.807) is 0 Å². The predicted molar refractivity (Wildman–Crippen MR) is 48.5 cm³/mol. The molecule has 2 atom stereocenters. The van der Waals surface area contributed by atoms with Crippen molar-refractivity contribution in [3.63, 3.8) is 0 Å². The van der Waals surface area contributed by atoms with Gasteiger partial charge in [-0.25, -0.2) is 0 Å². The van der Waals surface area contributed by atoms with Crippen LogP contribution in [0.15, 0.2) is 0 Å². The summed E-state index contributed by atoms with van der Waals surface area (Å²) in [7, 11) is 0. The summed E-state index contributed by atoms with van der Waals surface area (Å²) in [5.41, 5.74) is 0.745. The largest absolute Gasteiger partial charge is 0.198 e. The van der Waals surface area contributed by atoms with E-state index in [-0.39, 0.29) is 0 Å². The second-order valence-electron chi connectivity index (χ2n) is 4.52. The molecule has 0 amide bonds. The van der Waals surface area contributed by atoms with E-state index in [2.05, 4.69) is 6.07 Å². The molecule has 2 aliphatic carbocycles. The molecule has 2 fully saturated rings. The number of nitrogens with zero attached hydrogens (tertiary/aromatic N) is 1. The first-order chi connectivity index (χ1) is 5.87. The van der Waals surface area contributed by atoms with Crippen LogP contribution < -0.4 is 0 Å². The van der Waals surface area contributed by atoms with Crippen molar-refractivity contribution in [2.75, 3.05) is 0 Å². The lowest BCUT2D eigenvalue weighted by atomic mass is 9.85. The van der Waals surface area contributed by atoms with E-state index in [0.29, 0.717) is 0 Å². The first-order valence-electron chi connectivity index (χ1n) is 5.24. The lowest BCUT2D eigenvalue weighted by Crippen LogP contribution is -2.08. The Morgan fingerprint density at radius 1 is 1.42 bits per heavy atom. The molecule has 2 saturated carbocycles. The van der Waals surface area contributed by atoms with Crippen molar-refractivity contribution < 1.29 is 0 Å². The Bertz CT molecular complexity index is 204. The maximum Gasteiger partial charge on any atom is 0.0621 e. The third kappa shape index (κ3) is 1.35. The van der Waals surface area contributed by atoms with E-state index < -0.39 is 0 Å². The van der Waals surface area contributed by atoms with E-state index in [0.717, 1.165) is 24.2 Å². The molecule has 0 aromatic carbocycles. The van der Waals surface area contributed by atoms with Crippen molar-refractivity contribution in [2.24, 2.45) is 11.3 Å². The van der Waals surface area contributed by atoms with Gasteiger partial charge in [-0.15, -0.1) is 0 Å². The van der Waals surface area contributed by atoms with Gasteiger partial charge in [-0.05, 0) is 43.4 Å². The van der Waals surface area contributed by atoms with Crippen LogP contribution in [0.25, 0.3) is 0 Å². The van der Waals surface area contributed by atoms with E-state index in [4.69, 9.17) is 5.26 Å². The van der Waals surface area contributed by atoms with Crippen LogP contribution in [0.1, 0.15) is 51.4 Å². The number of hydrogen-bond acceptors (Lipinski definition) is 1. The van der Waals surface area contributed by atoms with Gasteiger partial charge in [0.2, 0.25) is 0 Å². The quantitative estimate of drug-likeness (QED) is 0.586. The van der Waals surface area contributed by atoms with Crippen LogP contribution in [0.4, 0.5) is 0 Å². The summed E-state index contributed by atoms with van der Waals surface area (Å²) < 4.78 is 0. The molecule has 2 aliphatic rings. The molecule has 12 heavy (non-hydrogen) atoms. The van der Waals surface area contributed by atoms with Gasteiger partial charge in [0.15, 0.2) is 0 Å². The summed E-state index contributed by atoms with van der Waals surface area (Å²) in [5, 5.41) is 8.44. The van der Waals surface area contributed by atoms with Crippen molar-refractivity contribution in [1.29, 1.82) is 5.26 Å². The fraction of sp³-hybridized carbons (Fsp3) is 0.909. The zero-order valence-corrected chi connectivity index (χ0v) is 7.68. The minimum Gasteiger partial charge on any atom is -0.198 e. The second kappa shape index (κ2) is 3.09. The molecule has 0 radical (unpaired) electrons. The highest BCUT2D eigenvalue weighted by Crippen LogP contribution is 2.63. The normalized spacial score (nSPS) is 38.4. The molecule has 0 aromatic heterocycles. The topological polar surface area (TPSA) is 23.8 Å². The number of rotatable bonds is 3.